The van der Waals surface area contributed by atoms with Crippen LogP contribution in [0, 0.1) is 6.92 Å². The third kappa shape index (κ3) is 3.92. The largest absolute Gasteiger partial charge is 0.508 e. The summed E-state index contributed by atoms with van der Waals surface area (Å²) in [5.41, 5.74) is 5.21. The molecule has 1 heteroatoms. The van der Waals surface area contributed by atoms with Crippen LogP contribution in [-0.4, -0.2) is 5.11 Å². The quantitative estimate of drug-likeness (QED) is 0.702. The molecule has 0 amide bonds. The van der Waals surface area contributed by atoms with Crippen LogP contribution in [0.25, 0.3) is 5.57 Å². The lowest BCUT2D eigenvalue weighted by atomic mass is 9.92. The zero-order valence-electron chi connectivity index (χ0n) is 11.5. The van der Waals surface area contributed by atoms with Gasteiger partial charge in [-0.15, -0.1) is 0 Å². The van der Waals surface area contributed by atoms with E-state index < -0.39 is 0 Å². The number of phenolic OH excluding ortho intramolecular Hbond substituents is 1. The van der Waals surface area contributed by atoms with Crippen molar-refractivity contribution < 1.29 is 5.11 Å². The first-order chi connectivity index (χ1) is 8.06. The summed E-state index contributed by atoms with van der Waals surface area (Å²) in [4.78, 5) is 0. The smallest absolute Gasteiger partial charge is 0.116 e. The van der Waals surface area contributed by atoms with E-state index in [1.165, 1.54) is 41.5 Å². The second-order valence-corrected chi connectivity index (χ2v) is 4.93. The highest BCUT2D eigenvalue weighted by Gasteiger charge is 2.07. The van der Waals surface area contributed by atoms with E-state index in [0.29, 0.717) is 5.75 Å². The summed E-state index contributed by atoms with van der Waals surface area (Å²) in [5.74, 6) is 0.361. The topological polar surface area (TPSA) is 20.2 Å². The van der Waals surface area contributed by atoms with Crippen LogP contribution in [-0.2, 0) is 0 Å². The van der Waals surface area contributed by atoms with Gasteiger partial charge in [-0.1, -0.05) is 31.4 Å². The maximum Gasteiger partial charge on any atom is 0.116 e. The minimum absolute atomic E-state index is 0.361. The molecule has 0 fully saturated rings. The molecule has 94 valence electrons. The maximum absolute atomic E-state index is 9.62. The molecule has 17 heavy (non-hydrogen) atoms. The van der Waals surface area contributed by atoms with Gasteiger partial charge < -0.3 is 5.11 Å². The second kappa shape index (κ2) is 6.48. The first kappa shape index (κ1) is 13.8. The molecule has 1 N–H and O–H groups in total. The molecule has 1 aromatic rings. The fourth-order valence-electron chi connectivity index (χ4n) is 2.14. The van der Waals surface area contributed by atoms with Crippen LogP contribution in [0.3, 0.4) is 0 Å². The molecule has 0 heterocycles. The van der Waals surface area contributed by atoms with Crippen LogP contribution < -0.4 is 0 Å². The van der Waals surface area contributed by atoms with Gasteiger partial charge in [0.05, 0.1) is 0 Å². The summed E-state index contributed by atoms with van der Waals surface area (Å²) >= 11 is 0. The van der Waals surface area contributed by atoms with E-state index in [-0.39, 0.29) is 0 Å². The third-order valence-corrected chi connectivity index (χ3v) is 3.18. The zero-order valence-corrected chi connectivity index (χ0v) is 11.5. The summed E-state index contributed by atoms with van der Waals surface area (Å²) < 4.78 is 0. The summed E-state index contributed by atoms with van der Waals surface area (Å²) in [6.07, 6.45) is 4.86. The van der Waals surface area contributed by atoms with Gasteiger partial charge >= 0.3 is 0 Å². The summed E-state index contributed by atoms with van der Waals surface area (Å²) in [7, 11) is 0. The van der Waals surface area contributed by atoms with Crippen molar-refractivity contribution in [3.8, 4) is 5.75 Å². The maximum atomic E-state index is 9.62. The Bertz CT molecular complexity index is 398. The van der Waals surface area contributed by atoms with Gasteiger partial charge in [0.25, 0.3) is 0 Å². The summed E-state index contributed by atoms with van der Waals surface area (Å²) in [6, 6.07) is 5.64. The molecular formula is C16H24O. The van der Waals surface area contributed by atoms with Crippen LogP contribution in [0.4, 0.5) is 0 Å². The van der Waals surface area contributed by atoms with E-state index >= 15 is 0 Å². The molecule has 0 atom stereocenters. The van der Waals surface area contributed by atoms with Crippen LogP contribution >= 0.6 is 0 Å². The lowest BCUT2D eigenvalue weighted by molar-refractivity contribution is 0.475. The van der Waals surface area contributed by atoms with Gasteiger partial charge in [-0.25, -0.2) is 0 Å². The predicted octanol–water partition coefficient (Wildman–Crippen LogP) is 5.07. The van der Waals surface area contributed by atoms with Gasteiger partial charge in [0, 0.05) is 0 Å². The number of aromatic hydroxyl groups is 1. The van der Waals surface area contributed by atoms with Crippen molar-refractivity contribution in [2.75, 3.05) is 0 Å². The van der Waals surface area contributed by atoms with Gasteiger partial charge in [0.1, 0.15) is 5.75 Å². The molecule has 0 aliphatic carbocycles. The Balaban J connectivity index is 2.99. The van der Waals surface area contributed by atoms with E-state index in [2.05, 4.69) is 27.7 Å². The molecular weight excluding hydrogens is 208 g/mol. The van der Waals surface area contributed by atoms with Crippen molar-refractivity contribution in [3.63, 3.8) is 0 Å². The highest BCUT2D eigenvalue weighted by atomic mass is 16.3. The molecule has 0 saturated carbocycles. The molecule has 0 unspecified atom stereocenters. The molecule has 0 saturated heterocycles. The standard InChI is InChI=1S/C16H24O/c1-5-6-7-8-15(12(2)3)16-11-14(17)10-9-13(16)4/h9-11,17H,5-8H2,1-4H3. The number of benzene rings is 1. The van der Waals surface area contributed by atoms with Crippen molar-refractivity contribution in [3.05, 3.63) is 34.9 Å². The predicted molar refractivity (Wildman–Crippen MR) is 75.3 cm³/mol. The van der Waals surface area contributed by atoms with Crippen molar-refractivity contribution in [1.82, 2.24) is 0 Å². The summed E-state index contributed by atoms with van der Waals surface area (Å²) in [6.45, 7) is 8.65. The minimum atomic E-state index is 0.361. The number of hydrogen-bond donors (Lipinski definition) is 1. The van der Waals surface area contributed by atoms with E-state index in [4.69, 9.17) is 0 Å². The average Bonchev–Trinajstić information content (AvgIpc) is 2.28. The Morgan fingerprint density at radius 3 is 2.47 bits per heavy atom. The first-order valence-corrected chi connectivity index (χ1v) is 6.52. The summed E-state index contributed by atoms with van der Waals surface area (Å²) in [5, 5.41) is 9.62. The third-order valence-electron chi connectivity index (χ3n) is 3.18. The fraction of sp³-hybridized carbons (Fsp3) is 0.500. The normalized spacial score (nSPS) is 10.4. The number of aryl methyl sites for hydroxylation is 1. The number of unbranched alkanes of at least 4 members (excludes halogenated alkanes) is 2. The molecule has 1 rings (SSSR count). The molecule has 0 spiro atoms. The Kier molecular flexibility index (Phi) is 5.27. The van der Waals surface area contributed by atoms with Gasteiger partial charge in [-0.05, 0) is 62.4 Å². The number of hydrogen-bond acceptors (Lipinski definition) is 1. The highest BCUT2D eigenvalue weighted by molar-refractivity contribution is 5.71. The molecule has 1 nitrogen and oxygen atoms in total. The lowest BCUT2D eigenvalue weighted by Gasteiger charge is -2.13. The van der Waals surface area contributed by atoms with Gasteiger partial charge in [0.15, 0.2) is 0 Å². The van der Waals surface area contributed by atoms with Crippen LogP contribution in [0.2, 0.25) is 0 Å². The minimum Gasteiger partial charge on any atom is -0.508 e. The van der Waals surface area contributed by atoms with E-state index in [1.54, 1.807) is 6.07 Å². The molecule has 0 bridgehead atoms. The van der Waals surface area contributed by atoms with Crippen molar-refractivity contribution in [2.24, 2.45) is 0 Å². The first-order valence-electron chi connectivity index (χ1n) is 6.52. The van der Waals surface area contributed by atoms with Crippen LogP contribution in [0.1, 0.15) is 57.6 Å². The molecule has 0 aromatic heterocycles. The number of allylic oxidation sites excluding steroid dienone is 2. The SMILES string of the molecule is CCCCCC(=C(C)C)c1cc(O)ccc1C. The van der Waals surface area contributed by atoms with E-state index in [0.717, 1.165) is 6.42 Å². The van der Waals surface area contributed by atoms with Gasteiger partial charge in [-0.2, -0.15) is 0 Å². The number of rotatable bonds is 5. The van der Waals surface area contributed by atoms with Crippen LogP contribution in [0.15, 0.2) is 23.8 Å². The van der Waals surface area contributed by atoms with E-state index in [1.807, 2.05) is 12.1 Å². The Morgan fingerprint density at radius 2 is 1.88 bits per heavy atom. The number of phenols is 1. The van der Waals surface area contributed by atoms with E-state index in [9.17, 15) is 5.11 Å². The van der Waals surface area contributed by atoms with Crippen molar-refractivity contribution in [1.29, 1.82) is 0 Å². The zero-order chi connectivity index (χ0) is 12.8. The van der Waals surface area contributed by atoms with Gasteiger partial charge in [0.2, 0.25) is 0 Å². The Labute approximate surface area is 105 Å². The van der Waals surface area contributed by atoms with Crippen LogP contribution in [0.5, 0.6) is 5.75 Å². The molecule has 0 aliphatic heterocycles. The Morgan fingerprint density at radius 1 is 1.18 bits per heavy atom. The van der Waals surface area contributed by atoms with Crippen molar-refractivity contribution >= 4 is 5.57 Å². The average molecular weight is 232 g/mol. The molecule has 0 radical (unpaired) electrons. The van der Waals surface area contributed by atoms with Crippen molar-refractivity contribution in [2.45, 2.75) is 53.4 Å². The highest BCUT2D eigenvalue weighted by Crippen LogP contribution is 2.29. The monoisotopic (exact) mass is 232 g/mol. The lowest BCUT2D eigenvalue weighted by Crippen LogP contribution is -1.92. The second-order valence-electron chi connectivity index (χ2n) is 4.93. The molecule has 0 aliphatic rings. The molecule has 1 aromatic carbocycles. The van der Waals surface area contributed by atoms with Gasteiger partial charge in [-0.3, -0.25) is 0 Å². The Hall–Kier alpha value is -1.24. The fourth-order valence-corrected chi connectivity index (χ4v) is 2.14.